The summed E-state index contributed by atoms with van der Waals surface area (Å²) < 4.78 is 10.2. The maximum atomic E-state index is 5.90. The van der Waals surface area contributed by atoms with Gasteiger partial charge in [0.1, 0.15) is 5.75 Å². The Bertz CT molecular complexity index is 553. The van der Waals surface area contributed by atoms with Crippen LogP contribution in [-0.2, 0) is 4.74 Å². The first kappa shape index (κ1) is 14.2. The summed E-state index contributed by atoms with van der Waals surface area (Å²) in [6.07, 6.45) is 0. The molecule has 0 unspecified atom stereocenters. The Kier molecular flexibility index (Phi) is 4.85. The van der Waals surface area contributed by atoms with Crippen molar-refractivity contribution in [1.82, 2.24) is 0 Å². The lowest BCUT2D eigenvalue weighted by Gasteiger charge is -2.13. The van der Waals surface area contributed by atoms with Crippen LogP contribution in [0.4, 0.5) is 11.4 Å². The second kappa shape index (κ2) is 6.82. The van der Waals surface area contributed by atoms with Gasteiger partial charge in [-0.1, -0.05) is 12.1 Å². The molecule has 0 aliphatic heterocycles. The number of nitrogen functional groups attached to an aromatic ring is 1. The molecule has 0 atom stereocenters. The molecule has 0 radical (unpaired) electrons. The smallest absolute Gasteiger partial charge is 0.118 e. The van der Waals surface area contributed by atoms with Gasteiger partial charge < -0.3 is 20.5 Å². The molecule has 4 heteroatoms. The Balaban J connectivity index is 2.29. The number of hydrogen-bond donors (Lipinski definition) is 2. The number of anilines is 2. The van der Waals surface area contributed by atoms with Gasteiger partial charge in [0.2, 0.25) is 0 Å². The number of nitrogens with two attached hydrogens (primary N) is 1. The fraction of sp³-hybridized carbons (Fsp3) is 0.250. The zero-order valence-corrected chi connectivity index (χ0v) is 11.8. The Morgan fingerprint density at radius 3 is 2.45 bits per heavy atom. The van der Waals surface area contributed by atoms with Crippen LogP contribution in [-0.4, -0.2) is 27.4 Å². The summed E-state index contributed by atoms with van der Waals surface area (Å²) in [5.41, 5.74) is 9.85. The summed E-state index contributed by atoms with van der Waals surface area (Å²) in [7, 11) is 3.35. The van der Waals surface area contributed by atoms with Gasteiger partial charge in [-0.3, -0.25) is 0 Å². The summed E-state index contributed by atoms with van der Waals surface area (Å²) in [6, 6.07) is 13.8. The Morgan fingerprint density at radius 2 is 1.80 bits per heavy atom. The Hall–Kier alpha value is -2.20. The third-order valence-electron chi connectivity index (χ3n) is 3.07. The molecule has 0 saturated carbocycles. The molecule has 106 valence electrons. The van der Waals surface area contributed by atoms with E-state index in [2.05, 4.69) is 5.32 Å². The van der Waals surface area contributed by atoms with Crippen LogP contribution in [0.2, 0.25) is 0 Å². The van der Waals surface area contributed by atoms with Crippen molar-refractivity contribution in [2.24, 2.45) is 0 Å². The van der Waals surface area contributed by atoms with Gasteiger partial charge in [-0.15, -0.1) is 0 Å². The number of hydrogen-bond acceptors (Lipinski definition) is 4. The van der Waals surface area contributed by atoms with Crippen LogP contribution in [0, 0.1) is 0 Å². The SMILES string of the molecule is COCCNc1ccc(N)cc1-c1ccc(OC)cc1. The monoisotopic (exact) mass is 272 g/mol. The van der Waals surface area contributed by atoms with Crippen molar-refractivity contribution in [3.63, 3.8) is 0 Å². The summed E-state index contributed by atoms with van der Waals surface area (Å²) in [4.78, 5) is 0. The van der Waals surface area contributed by atoms with Gasteiger partial charge in [0, 0.05) is 30.6 Å². The average Bonchev–Trinajstić information content (AvgIpc) is 2.49. The van der Waals surface area contributed by atoms with E-state index in [1.54, 1.807) is 14.2 Å². The number of rotatable bonds is 6. The predicted molar refractivity (Wildman–Crippen MR) is 83.2 cm³/mol. The fourth-order valence-electron chi connectivity index (χ4n) is 2.01. The van der Waals surface area contributed by atoms with E-state index in [-0.39, 0.29) is 0 Å². The Labute approximate surface area is 119 Å². The van der Waals surface area contributed by atoms with E-state index in [9.17, 15) is 0 Å². The number of benzene rings is 2. The van der Waals surface area contributed by atoms with Gasteiger partial charge in [0.15, 0.2) is 0 Å². The van der Waals surface area contributed by atoms with Crippen LogP contribution in [0.3, 0.4) is 0 Å². The zero-order chi connectivity index (χ0) is 14.4. The third-order valence-corrected chi connectivity index (χ3v) is 3.07. The van der Waals surface area contributed by atoms with Gasteiger partial charge in [0.25, 0.3) is 0 Å². The van der Waals surface area contributed by atoms with Gasteiger partial charge in [-0.2, -0.15) is 0 Å². The fourth-order valence-corrected chi connectivity index (χ4v) is 2.01. The maximum absolute atomic E-state index is 5.90. The molecule has 2 aromatic carbocycles. The van der Waals surface area contributed by atoms with E-state index < -0.39 is 0 Å². The molecule has 0 aliphatic rings. The van der Waals surface area contributed by atoms with E-state index in [0.717, 1.165) is 34.8 Å². The van der Waals surface area contributed by atoms with Crippen molar-refractivity contribution >= 4 is 11.4 Å². The summed E-state index contributed by atoms with van der Waals surface area (Å²) in [5.74, 6) is 0.839. The van der Waals surface area contributed by atoms with Crippen molar-refractivity contribution in [3.8, 4) is 16.9 Å². The second-order valence-corrected chi connectivity index (χ2v) is 4.45. The molecule has 0 spiro atoms. The van der Waals surface area contributed by atoms with Crippen molar-refractivity contribution < 1.29 is 9.47 Å². The lowest BCUT2D eigenvalue weighted by atomic mass is 10.0. The molecule has 0 heterocycles. The first-order valence-corrected chi connectivity index (χ1v) is 6.51. The molecule has 20 heavy (non-hydrogen) atoms. The highest BCUT2D eigenvalue weighted by atomic mass is 16.5. The summed E-state index contributed by atoms with van der Waals surface area (Å²) in [5, 5.41) is 3.36. The molecule has 2 rings (SSSR count). The Morgan fingerprint density at radius 1 is 1.05 bits per heavy atom. The topological polar surface area (TPSA) is 56.5 Å². The minimum absolute atomic E-state index is 0.659. The van der Waals surface area contributed by atoms with E-state index in [4.69, 9.17) is 15.2 Å². The van der Waals surface area contributed by atoms with E-state index >= 15 is 0 Å². The molecule has 0 bridgehead atoms. The molecule has 0 fully saturated rings. The van der Waals surface area contributed by atoms with Gasteiger partial charge in [0.05, 0.1) is 13.7 Å². The van der Waals surface area contributed by atoms with Crippen LogP contribution < -0.4 is 15.8 Å². The van der Waals surface area contributed by atoms with Gasteiger partial charge in [-0.25, -0.2) is 0 Å². The molecule has 3 N–H and O–H groups in total. The quantitative estimate of drug-likeness (QED) is 0.627. The van der Waals surface area contributed by atoms with Gasteiger partial charge >= 0.3 is 0 Å². The first-order chi connectivity index (χ1) is 9.74. The summed E-state index contributed by atoms with van der Waals surface area (Å²) in [6.45, 7) is 1.41. The van der Waals surface area contributed by atoms with Crippen molar-refractivity contribution in [1.29, 1.82) is 0 Å². The molecule has 0 aliphatic carbocycles. The van der Waals surface area contributed by atoms with Crippen molar-refractivity contribution in [2.45, 2.75) is 0 Å². The second-order valence-electron chi connectivity index (χ2n) is 4.45. The van der Waals surface area contributed by atoms with E-state index in [1.165, 1.54) is 0 Å². The largest absolute Gasteiger partial charge is 0.497 e. The highest BCUT2D eigenvalue weighted by Gasteiger charge is 2.06. The van der Waals surface area contributed by atoms with Crippen LogP contribution in [0.5, 0.6) is 5.75 Å². The van der Waals surface area contributed by atoms with Crippen molar-refractivity contribution in [3.05, 3.63) is 42.5 Å². The van der Waals surface area contributed by atoms with E-state index in [1.807, 2.05) is 42.5 Å². The summed E-state index contributed by atoms with van der Waals surface area (Å²) >= 11 is 0. The third kappa shape index (κ3) is 3.42. The number of methoxy groups -OCH3 is 2. The van der Waals surface area contributed by atoms with Crippen LogP contribution in [0.15, 0.2) is 42.5 Å². The van der Waals surface area contributed by atoms with Crippen LogP contribution in [0.25, 0.3) is 11.1 Å². The average molecular weight is 272 g/mol. The number of nitrogens with one attached hydrogen (secondary N) is 1. The zero-order valence-electron chi connectivity index (χ0n) is 11.8. The minimum atomic E-state index is 0.659. The highest BCUT2D eigenvalue weighted by Crippen LogP contribution is 2.31. The normalized spacial score (nSPS) is 10.3. The van der Waals surface area contributed by atoms with Crippen LogP contribution in [0.1, 0.15) is 0 Å². The van der Waals surface area contributed by atoms with E-state index in [0.29, 0.717) is 6.61 Å². The number of ether oxygens (including phenoxy) is 2. The molecular weight excluding hydrogens is 252 g/mol. The van der Waals surface area contributed by atoms with Gasteiger partial charge in [-0.05, 0) is 35.9 Å². The lowest BCUT2D eigenvalue weighted by Crippen LogP contribution is -2.08. The molecule has 0 aromatic heterocycles. The molecule has 0 amide bonds. The maximum Gasteiger partial charge on any atom is 0.118 e. The van der Waals surface area contributed by atoms with Crippen molar-refractivity contribution in [2.75, 3.05) is 38.4 Å². The molecule has 4 nitrogen and oxygen atoms in total. The first-order valence-electron chi connectivity index (χ1n) is 6.51. The van der Waals surface area contributed by atoms with Crippen LogP contribution >= 0.6 is 0 Å². The molecule has 2 aromatic rings. The molecular formula is C16H20N2O2. The standard InChI is InChI=1S/C16H20N2O2/c1-19-10-9-18-16-8-5-13(17)11-15(16)12-3-6-14(20-2)7-4-12/h3-8,11,18H,9-10,17H2,1-2H3. The highest BCUT2D eigenvalue weighted by molar-refractivity contribution is 5.80. The predicted octanol–water partition coefficient (Wildman–Crippen LogP) is 3.00. The minimum Gasteiger partial charge on any atom is -0.497 e. The molecule has 0 saturated heterocycles. The lowest BCUT2D eigenvalue weighted by molar-refractivity contribution is 0.211.